The Bertz CT molecular complexity index is 2030. The molecule has 5 atom stereocenters. The molecule has 0 heterocycles. The standard InChI is InChI=1S/C89H174O17P2/c1-5-9-13-17-21-25-29-32-35-37-39-41-43-45-47-49-52-54-58-62-66-70-74-87(92)100-80-85(106-89(94)76-72-68-64-60-56-53-50-48-46-44-42-40-38-36-33-30-26-22-18-14-10-6-2)82-104-108(97,98)102-78-83(90)77-101-107(95,96)103-81-84(79-99-86(91)73-69-65-61-57-28-24-20-16-12-8-4)105-88(93)75-71-67-63-59-55-51-34-31-27-23-19-15-11-7-3/h83-85,90H,5-82H2,1-4H3,(H,95,96)(H,97,98)/t83-,84+,85+/m0/s1. The fourth-order valence-electron chi connectivity index (χ4n) is 14.1. The molecule has 0 aromatic rings. The molecule has 2 unspecified atom stereocenters. The number of aliphatic hydroxyl groups excluding tert-OH is 1. The van der Waals surface area contributed by atoms with Gasteiger partial charge in [-0.25, -0.2) is 9.13 Å². The van der Waals surface area contributed by atoms with Crippen molar-refractivity contribution in [1.29, 1.82) is 0 Å². The zero-order chi connectivity index (χ0) is 78.9. The Morgan fingerprint density at radius 2 is 0.370 bits per heavy atom. The van der Waals surface area contributed by atoms with Gasteiger partial charge in [0.15, 0.2) is 12.2 Å². The lowest BCUT2D eigenvalue weighted by molar-refractivity contribution is -0.161. The number of esters is 4. The van der Waals surface area contributed by atoms with Crippen LogP contribution in [-0.4, -0.2) is 96.7 Å². The Kier molecular flexibility index (Phi) is 81.5. The average molecular weight is 1580 g/mol. The van der Waals surface area contributed by atoms with Crippen LogP contribution in [0.1, 0.15) is 490 Å². The zero-order valence-electron chi connectivity index (χ0n) is 70.8. The minimum atomic E-state index is -4.97. The van der Waals surface area contributed by atoms with Crippen molar-refractivity contribution in [3.8, 4) is 0 Å². The summed E-state index contributed by atoms with van der Waals surface area (Å²) < 4.78 is 68.9. The van der Waals surface area contributed by atoms with E-state index in [2.05, 4.69) is 27.7 Å². The predicted octanol–water partition coefficient (Wildman–Crippen LogP) is 27.7. The molecule has 3 N–H and O–H groups in total. The molecule has 0 fully saturated rings. The molecule has 0 bridgehead atoms. The van der Waals surface area contributed by atoms with Gasteiger partial charge in [-0.05, 0) is 25.7 Å². The number of aliphatic hydroxyl groups is 1. The maximum atomic E-state index is 13.2. The van der Waals surface area contributed by atoms with Crippen LogP contribution in [0.4, 0.5) is 0 Å². The lowest BCUT2D eigenvalue weighted by Crippen LogP contribution is -2.30. The molecule has 108 heavy (non-hydrogen) atoms. The molecular formula is C89H174O17P2. The molecule has 0 saturated heterocycles. The maximum absolute atomic E-state index is 13.2. The summed E-state index contributed by atoms with van der Waals surface area (Å²) in [6.45, 7) is 5.06. The van der Waals surface area contributed by atoms with E-state index in [4.69, 9.17) is 37.0 Å². The molecule has 642 valence electrons. The summed E-state index contributed by atoms with van der Waals surface area (Å²) in [6.07, 6.45) is 79.4. The van der Waals surface area contributed by atoms with Crippen LogP contribution in [0, 0.1) is 0 Å². The first-order chi connectivity index (χ1) is 52.7. The largest absolute Gasteiger partial charge is 0.472 e. The van der Waals surface area contributed by atoms with Crippen molar-refractivity contribution in [2.75, 3.05) is 39.6 Å². The van der Waals surface area contributed by atoms with E-state index < -0.39 is 97.5 Å². The highest BCUT2D eigenvalue weighted by atomic mass is 31.2. The van der Waals surface area contributed by atoms with Gasteiger partial charge in [-0.3, -0.25) is 37.3 Å². The first-order valence-electron chi connectivity index (χ1n) is 46.3. The number of hydrogen-bond donors (Lipinski definition) is 3. The summed E-state index contributed by atoms with van der Waals surface area (Å²) in [4.78, 5) is 73.3. The molecule has 0 spiro atoms. The van der Waals surface area contributed by atoms with Gasteiger partial charge in [-0.1, -0.05) is 439 Å². The molecule has 0 rings (SSSR count). The Labute approximate surface area is 664 Å². The van der Waals surface area contributed by atoms with Gasteiger partial charge in [-0.15, -0.1) is 0 Å². The van der Waals surface area contributed by atoms with E-state index >= 15 is 0 Å². The van der Waals surface area contributed by atoms with Gasteiger partial charge in [0, 0.05) is 25.7 Å². The van der Waals surface area contributed by atoms with Crippen LogP contribution in [0.2, 0.25) is 0 Å². The number of unbranched alkanes of at least 4 members (excludes halogenated alkanes) is 64. The second kappa shape index (κ2) is 83.0. The Morgan fingerprint density at radius 1 is 0.222 bits per heavy atom. The smallest absolute Gasteiger partial charge is 0.462 e. The van der Waals surface area contributed by atoms with Crippen LogP contribution >= 0.6 is 15.6 Å². The molecule has 0 aromatic carbocycles. The molecule has 0 amide bonds. The van der Waals surface area contributed by atoms with Crippen LogP contribution in [0.25, 0.3) is 0 Å². The van der Waals surface area contributed by atoms with E-state index in [1.807, 2.05) is 0 Å². The number of ether oxygens (including phenoxy) is 4. The Balaban J connectivity index is 5.19. The van der Waals surface area contributed by atoms with Crippen LogP contribution in [0.5, 0.6) is 0 Å². The summed E-state index contributed by atoms with van der Waals surface area (Å²) >= 11 is 0. The quantitative estimate of drug-likeness (QED) is 0.0222. The second-order valence-electron chi connectivity index (χ2n) is 32.0. The third kappa shape index (κ3) is 82.1. The van der Waals surface area contributed by atoms with Crippen molar-refractivity contribution in [2.45, 2.75) is 508 Å². The third-order valence-electron chi connectivity index (χ3n) is 21.1. The van der Waals surface area contributed by atoms with E-state index in [1.54, 1.807) is 0 Å². The first-order valence-corrected chi connectivity index (χ1v) is 49.3. The van der Waals surface area contributed by atoms with E-state index in [0.717, 1.165) is 89.9 Å². The van der Waals surface area contributed by atoms with Crippen molar-refractivity contribution in [1.82, 2.24) is 0 Å². The minimum absolute atomic E-state index is 0.109. The summed E-state index contributed by atoms with van der Waals surface area (Å²) in [5.74, 6) is -2.10. The van der Waals surface area contributed by atoms with Crippen LogP contribution in [0.3, 0.4) is 0 Å². The minimum Gasteiger partial charge on any atom is -0.462 e. The van der Waals surface area contributed by atoms with Gasteiger partial charge < -0.3 is 33.8 Å². The van der Waals surface area contributed by atoms with Gasteiger partial charge in [0.25, 0.3) is 0 Å². The Hall–Kier alpha value is -1.94. The molecule has 0 aliphatic heterocycles. The first kappa shape index (κ1) is 106. The summed E-state index contributed by atoms with van der Waals surface area (Å²) in [5, 5.41) is 10.7. The average Bonchev–Trinajstić information content (AvgIpc) is 0.905. The summed E-state index contributed by atoms with van der Waals surface area (Å²) in [6, 6.07) is 0. The van der Waals surface area contributed by atoms with Crippen molar-refractivity contribution in [3.05, 3.63) is 0 Å². The molecular weight excluding hydrogens is 1400 g/mol. The molecule has 0 aliphatic rings. The topological polar surface area (TPSA) is 237 Å². The van der Waals surface area contributed by atoms with E-state index in [-0.39, 0.29) is 25.7 Å². The molecule has 0 radical (unpaired) electrons. The van der Waals surface area contributed by atoms with Crippen LogP contribution in [-0.2, 0) is 65.4 Å². The highest BCUT2D eigenvalue weighted by Crippen LogP contribution is 2.45. The van der Waals surface area contributed by atoms with Gasteiger partial charge in [-0.2, -0.15) is 0 Å². The molecule has 19 heteroatoms. The SMILES string of the molecule is CCCCCCCCCCCCCCCCCCCCCCCCC(=O)OC[C@H](COP(=O)(O)OC[C@@H](O)COP(=O)(O)OC[C@@H](COC(=O)CCCCCCCCCCCC)OC(=O)CCCCCCCCCCCCCCCC)OC(=O)CCCCCCCCCCCCCCCCCCCCCCCC. The highest BCUT2D eigenvalue weighted by molar-refractivity contribution is 7.47. The number of carbonyl (C=O) groups excluding carboxylic acids is 4. The molecule has 0 saturated carbocycles. The fourth-order valence-corrected chi connectivity index (χ4v) is 15.6. The summed E-state index contributed by atoms with van der Waals surface area (Å²) in [5.41, 5.74) is 0. The maximum Gasteiger partial charge on any atom is 0.472 e. The van der Waals surface area contributed by atoms with Gasteiger partial charge in [0.1, 0.15) is 19.3 Å². The van der Waals surface area contributed by atoms with E-state index in [0.29, 0.717) is 25.7 Å². The number of hydrogen-bond acceptors (Lipinski definition) is 15. The molecule has 17 nitrogen and oxygen atoms in total. The third-order valence-corrected chi connectivity index (χ3v) is 23.0. The monoisotopic (exact) mass is 1580 g/mol. The lowest BCUT2D eigenvalue weighted by atomic mass is 10.0. The zero-order valence-corrected chi connectivity index (χ0v) is 72.6. The van der Waals surface area contributed by atoms with Crippen molar-refractivity contribution >= 4 is 39.5 Å². The fraction of sp³-hybridized carbons (Fsp3) is 0.955. The predicted molar refractivity (Wildman–Crippen MR) is 446 cm³/mol. The number of rotatable bonds is 90. The van der Waals surface area contributed by atoms with Gasteiger partial charge in [0.05, 0.1) is 26.4 Å². The molecule has 0 aliphatic carbocycles. The van der Waals surface area contributed by atoms with Crippen molar-refractivity contribution in [2.24, 2.45) is 0 Å². The van der Waals surface area contributed by atoms with Crippen molar-refractivity contribution < 1.29 is 80.2 Å². The second-order valence-corrected chi connectivity index (χ2v) is 34.9. The Morgan fingerprint density at radius 3 is 0.546 bits per heavy atom. The lowest BCUT2D eigenvalue weighted by Gasteiger charge is -2.21. The van der Waals surface area contributed by atoms with Crippen LogP contribution in [0.15, 0.2) is 0 Å². The highest BCUT2D eigenvalue weighted by Gasteiger charge is 2.30. The number of phosphoric acid groups is 2. The number of carbonyl (C=O) groups is 4. The van der Waals surface area contributed by atoms with Gasteiger partial charge in [0.2, 0.25) is 0 Å². The van der Waals surface area contributed by atoms with Gasteiger partial charge >= 0.3 is 39.5 Å². The van der Waals surface area contributed by atoms with E-state index in [1.165, 1.54) is 321 Å². The van der Waals surface area contributed by atoms with E-state index in [9.17, 15) is 43.2 Å². The van der Waals surface area contributed by atoms with Crippen molar-refractivity contribution in [3.63, 3.8) is 0 Å². The number of phosphoric ester groups is 2. The normalized spacial score (nSPS) is 13.7. The molecule has 0 aromatic heterocycles. The van der Waals surface area contributed by atoms with Crippen LogP contribution < -0.4 is 0 Å². The summed E-state index contributed by atoms with van der Waals surface area (Å²) in [7, 11) is -9.93.